The molecule has 0 fully saturated rings. The van der Waals surface area contributed by atoms with E-state index >= 15 is 0 Å². The number of imidazole rings is 1. The minimum Gasteiger partial charge on any atom is -0.303 e. The second-order valence-corrected chi connectivity index (χ2v) is 7.96. The van der Waals surface area contributed by atoms with E-state index in [9.17, 15) is 4.79 Å². The molecule has 158 valence electrons. The minimum absolute atomic E-state index is 0.209. The van der Waals surface area contributed by atoms with Gasteiger partial charge in [-0.2, -0.15) is 0 Å². The highest BCUT2D eigenvalue weighted by molar-refractivity contribution is 5.73. The lowest BCUT2D eigenvalue weighted by atomic mass is 9.97. The van der Waals surface area contributed by atoms with Crippen molar-refractivity contribution in [2.75, 3.05) is 0 Å². The number of aromatic amines is 1. The van der Waals surface area contributed by atoms with E-state index < -0.39 is 0 Å². The smallest absolute Gasteiger partial charge is 0.303 e. The number of nitrogens with one attached hydrogen (secondary N) is 1. The highest BCUT2D eigenvalue weighted by Crippen LogP contribution is 2.27. The quantitative estimate of drug-likeness (QED) is 0.453. The van der Waals surface area contributed by atoms with E-state index in [4.69, 9.17) is 4.98 Å². The maximum atomic E-state index is 12.7. The third-order valence-electron chi connectivity index (χ3n) is 5.45. The number of aromatic nitrogens is 6. The van der Waals surface area contributed by atoms with Crippen LogP contribution in [0.1, 0.15) is 30.9 Å². The van der Waals surface area contributed by atoms with Gasteiger partial charge in [-0.05, 0) is 23.1 Å². The highest BCUT2D eigenvalue weighted by Gasteiger charge is 2.15. The second-order valence-electron chi connectivity index (χ2n) is 7.96. The van der Waals surface area contributed by atoms with Crippen LogP contribution >= 0.6 is 0 Å². The molecule has 0 atom stereocenters. The SMILES string of the molecule is CC(C)c1ccccc1-c1ncc2[nH]c(=O)n(Cc3ccc(-c4ncccn4)cc3)c2n1. The number of hydrogen-bond acceptors (Lipinski definition) is 5. The Morgan fingerprint density at radius 2 is 1.66 bits per heavy atom. The number of rotatable bonds is 5. The summed E-state index contributed by atoms with van der Waals surface area (Å²) in [7, 11) is 0. The molecular formula is C25H22N6O. The van der Waals surface area contributed by atoms with E-state index in [2.05, 4.69) is 39.8 Å². The molecule has 0 aliphatic heterocycles. The summed E-state index contributed by atoms with van der Waals surface area (Å²) in [4.78, 5) is 33.4. The molecule has 0 saturated carbocycles. The molecule has 3 aromatic heterocycles. The molecule has 2 aromatic carbocycles. The third-order valence-corrected chi connectivity index (χ3v) is 5.45. The van der Waals surface area contributed by atoms with Crippen molar-refractivity contribution in [3.8, 4) is 22.8 Å². The molecule has 0 spiro atoms. The fraction of sp³-hybridized carbons (Fsp3) is 0.160. The highest BCUT2D eigenvalue weighted by atomic mass is 16.1. The maximum absolute atomic E-state index is 12.7. The van der Waals surface area contributed by atoms with Crippen LogP contribution in [0.3, 0.4) is 0 Å². The molecule has 7 nitrogen and oxygen atoms in total. The van der Waals surface area contributed by atoms with E-state index in [-0.39, 0.29) is 5.69 Å². The summed E-state index contributed by atoms with van der Waals surface area (Å²) in [6.07, 6.45) is 5.12. The average Bonchev–Trinajstić information content (AvgIpc) is 3.14. The second kappa shape index (κ2) is 8.19. The van der Waals surface area contributed by atoms with Gasteiger partial charge in [-0.3, -0.25) is 4.57 Å². The van der Waals surface area contributed by atoms with Crippen molar-refractivity contribution in [3.05, 3.63) is 94.8 Å². The van der Waals surface area contributed by atoms with Gasteiger partial charge in [0.1, 0.15) is 5.52 Å². The Hall–Kier alpha value is -4.13. The van der Waals surface area contributed by atoms with Crippen molar-refractivity contribution < 1.29 is 0 Å². The maximum Gasteiger partial charge on any atom is 0.328 e. The first-order chi connectivity index (χ1) is 15.6. The Bertz CT molecular complexity index is 1440. The van der Waals surface area contributed by atoms with E-state index in [1.165, 1.54) is 5.56 Å². The molecule has 0 aliphatic carbocycles. The van der Waals surface area contributed by atoms with Crippen molar-refractivity contribution in [1.82, 2.24) is 29.5 Å². The molecule has 5 rings (SSSR count). The molecule has 0 aliphatic rings. The number of nitrogens with zero attached hydrogens (tertiary/aromatic N) is 5. The van der Waals surface area contributed by atoms with Crippen LogP contribution in [0.5, 0.6) is 0 Å². The van der Waals surface area contributed by atoms with E-state index in [0.717, 1.165) is 16.7 Å². The molecule has 5 aromatic rings. The van der Waals surface area contributed by atoms with Gasteiger partial charge >= 0.3 is 5.69 Å². The van der Waals surface area contributed by atoms with Crippen LogP contribution in [0.4, 0.5) is 0 Å². The lowest BCUT2D eigenvalue weighted by Crippen LogP contribution is -2.17. The Morgan fingerprint density at radius 3 is 2.41 bits per heavy atom. The van der Waals surface area contributed by atoms with Gasteiger partial charge in [0.25, 0.3) is 0 Å². The molecule has 0 radical (unpaired) electrons. The summed E-state index contributed by atoms with van der Waals surface area (Å²) in [6.45, 7) is 4.69. The topological polar surface area (TPSA) is 89.4 Å². The first-order valence-electron chi connectivity index (χ1n) is 10.5. The number of H-pyrrole nitrogens is 1. The standard InChI is InChI=1S/C25H22N6O/c1-16(2)19-6-3-4-7-20(19)23-28-14-21-24(30-23)31(25(32)29-21)15-17-8-10-18(11-9-17)22-26-12-5-13-27-22/h3-14,16H,15H2,1-2H3,(H,29,32). The first-order valence-corrected chi connectivity index (χ1v) is 10.5. The monoisotopic (exact) mass is 422 g/mol. The fourth-order valence-electron chi connectivity index (χ4n) is 3.82. The molecule has 0 unspecified atom stereocenters. The zero-order chi connectivity index (χ0) is 22.1. The Balaban J connectivity index is 1.52. The lowest BCUT2D eigenvalue weighted by Gasteiger charge is -2.11. The van der Waals surface area contributed by atoms with Crippen molar-refractivity contribution in [1.29, 1.82) is 0 Å². The van der Waals surface area contributed by atoms with Crippen LogP contribution in [-0.4, -0.2) is 29.5 Å². The molecule has 3 heterocycles. The van der Waals surface area contributed by atoms with Gasteiger partial charge in [0.15, 0.2) is 17.3 Å². The average molecular weight is 422 g/mol. The summed E-state index contributed by atoms with van der Waals surface area (Å²) in [5.74, 6) is 1.63. The molecular weight excluding hydrogens is 400 g/mol. The third kappa shape index (κ3) is 3.69. The molecule has 1 N–H and O–H groups in total. The number of hydrogen-bond donors (Lipinski definition) is 1. The summed E-state index contributed by atoms with van der Waals surface area (Å²) >= 11 is 0. The van der Waals surface area contributed by atoms with Crippen LogP contribution in [0.25, 0.3) is 33.9 Å². The minimum atomic E-state index is -0.209. The molecule has 0 bridgehead atoms. The summed E-state index contributed by atoms with van der Waals surface area (Å²) in [5, 5.41) is 0. The molecule has 0 amide bonds. The van der Waals surface area contributed by atoms with Crippen LogP contribution in [0.2, 0.25) is 0 Å². The van der Waals surface area contributed by atoms with E-state index in [1.807, 2.05) is 42.5 Å². The predicted molar refractivity (Wildman–Crippen MR) is 124 cm³/mol. The van der Waals surface area contributed by atoms with Gasteiger partial charge in [-0.1, -0.05) is 62.4 Å². The summed E-state index contributed by atoms with van der Waals surface area (Å²) in [5.41, 5.74) is 5.07. The van der Waals surface area contributed by atoms with Gasteiger partial charge in [0.2, 0.25) is 0 Å². The molecule has 32 heavy (non-hydrogen) atoms. The number of fused-ring (bicyclic) bond motifs is 1. The van der Waals surface area contributed by atoms with E-state index in [0.29, 0.717) is 35.3 Å². The lowest BCUT2D eigenvalue weighted by molar-refractivity contribution is 0.777. The Morgan fingerprint density at radius 1 is 0.906 bits per heavy atom. The van der Waals surface area contributed by atoms with E-state index in [1.54, 1.807) is 29.2 Å². The Labute approximate surface area is 184 Å². The molecule has 7 heteroatoms. The number of benzene rings is 2. The van der Waals surface area contributed by atoms with Gasteiger partial charge < -0.3 is 4.98 Å². The van der Waals surface area contributed by atoms with Crippen molar-refractivity contribution in [2.24, 2.45) is 0 Å². The van der Waals surface area contributed by atoms with Crippen molar-refractivity contribution in [3.63, 3.8) is 0 Å². The van der Waals surface area contributed by atoms with Crippen LogP contribution < -0.4 is 5.69 Å². The van der Waals surface area contributed by atoms with Gasteiger partial charge in [-0.25, -0.2) is 24.7 Å². The summed E-state index contributed by atoms with van der Waals surface area (Å²) < 4.78 is 1.65. The van der Waals surface area contributed by atoms with Crippen molar-refractivity contribution in [2.45, 2.75) is 26.3 Å². The zero-order valence-electron chi connectivity index (χ0n) is 17.9. The molecule has 0 saturated heterocycles. The van der Waals surface area contributed by atoms with Gasteiger partial charge in [0, 0.05) is 23.5 Å². The predicted octanol–water partition coefficient (Wildman–Crippen LogP) is 4.42. The Kier molecular flexibility index (Phi) is 5.07. The normalized spacial score (nSPS) is 11.3. The van der Waals surface area contributed by atoms with Crippen LogP contribution in [-0.2, 0) is 6.54 Å². The summed E-state index contributed by atoms with van der Waals surface area (Å²) in [6, 6.07) is 17.8. The van der Waals surface area contributed by atoms with Crippen molar-refractivity contribution >= 4 is 11.2 Å². The van der Waals surface area contributed by atoms with Crippen LogP contribution in [0, 0.1) is 0 Å². The van der Waals surface area contributed by atoms with Crippen LogP contribution in [0.15, 0.2) is 78.0 Å². The zero-order valence-corrected chi connectivity index (χ0v) is 17.9. The largest absolute Gasteiger partial charge is 0.328 e. The van der Waals surface area contributed by atoms with Gasteiger partial charge in [0.05, 0.1) is 12.7 Å². The fourth-order valence-corrected chi connectivity index (χ4v) is 3.82. The first kappa shape index (κ1) is 19.8. The van der Waals surface area contributed by atoms with Gasteiger partial charge in [-0.15, -0.1) is 0 Å².